The lowest BCUT2D eigenvalue weighted by molar-refractivity contribution is -0.123. The van der Waals surface area contributed by atoms with E-state index in [4.69, 9.17) is 0 Å². The zero-order chi connectivity index (χ0) is 12.6. The SMILES string of the molecule is CC(C)N1CCCCC(F)(F)C1C(C)(C)C. The number of hydrogen-bond acceptors (Lipinski definition) is 1. The lowest BCUT2D eigenvalue weighted by Gasteiger charge is -2.45. The maximum absolute atomic E-state index is 14.2. The molecule has 1 fully saturated rings. The second-order valence-corrected chi connectivity index (χ2v) is 6.32. The molecule has 1 rings (SSSR count). The van der Waals surface area contributed by atoms with Crippen molar-refractivity contribution in [2.45, 2.75) is 71.9 Å². The summed E-state index contributed by atoms with van der Waals surface area (Å²) in [5.74, 6) is -2.56. The summed E-state index contributed by atoms with van der Waals surface area (Å²) in [5, 5.41) is 0. The molecule has 0 aromatic rings. The summed E-state index contributed by atoms with van der Waals surface area (Å²) in [6.07, 6.45) is 1.57. The van der Waals surface area contributed by atoms with Gasteiger partial charge in [0.2, 0.25) is 0 Å². The van der Waals surface area contributed by atoms with Crippen LogP contribution in [-0.4, -0.2) is 29.5 Å². The molecule has 0 aliphatic carbocycles. The molecule has 0 N–H and O–H groups in total. The van der Waals surface area contributed by atoms with Crippen LogP contribution in [0.2, 0.25) is 0 Å². The van der Waals surface area contributed by atoms with Crippen molar-refractivity contribution in [2.24, 2.45) is 5.41 Å². The highest BCUT2D eigenvalue weighted by Gasteiger charge is 2.50. The number of nitrogens with zero attached hydrogens (tertiary/aromatic N) is 1. The molecule has 1 saturated heterocycles. The molecule has 0 saturated carbocycles. The van der Waals surface area contributed by atoms with Crippen molar-refractivity contribution in [2.75, 3.05) is 6.54 Å². The van der Waals surface area contributed by atoms with Gasteiger partial charge >= 0.3 is 0 Å². The Bertz CT molecular complexity index is 231. The monoisotopic (exact) mass is 233 g/mol. The molecule has 1 aliphatic rings. The van der Waals surface area contributed by atoms with Gasteiger partial charge in [-0.2, -0.15) is 0 Å². The molecule has 0 amide bonds. The highest BCUT2D eigenvalue weighted by molar-refractivity contribution is 4.96. The van der Waals surface area contributed by atoms with Crippen molar-refractivity contribution >= 4 is 0 Å². The van der Waals surface area contributed by atoms with Crippen LogP contribution in [0, 0.1) is 5.41 Å². The van der Waals surface area contributed by atoms with Crippen LogP contribution in [0.4, 0.5) is 8.78 Å². The summed E-state index contributed by atoms with van der Waals surface area (Å²) in [6.45, 7) is 10.6. The van der Waals surface area contributed by atoms with E-state index in [1.165, 1.54) is 0 Å². The summed E-state index contributed by atoms with van der Waals surface area (Å²) in [4.78, 5) is 1.99. The van der Waals surface area contributed by atoms with Crippen LogP contribution >= 0.6 is 0 Å². The Labute approximate surface area is 98.2 Å². The molecule has 3 heteroatoms. The zero-order valence-electron chi connectivity index (χ0n) is 11.2. The fourth-order valence-electron chi connectivity index (χ4n) is 2.85. The van der Waals surface area contributed by atoms with Gasteiger partial charge in [-0.15, -0.1) is 0 Å². The van der Waals surface area contributed by atoms with E-state index < -0.39 is 12.0 Å². The molecule has 1 aliphatic heterocycles. The van der Waals surface area contributed by atoms with Gasteiger partial charge in [0, 0.05) is 12.5 Å². The molecule has 1 heterocycles. The van der Waals surface area contributed by atoms with Crippen molar-refractivity contribution in [3.05, 3.63) is 0 Å². The largest absolute Gasteiger partial charge is 0.292 e. The van der Waals surface area contributed by atoms with Crippen molar-refractivity contribution in [1.29, 1.82) is 0 Å². The van der Waals surface area contributed by atoms with Crippen molar-refractivity contribution in [3.8, 4) is 0 Å². The van der Waals surface area contributed by atoms with Crippen molar-refractivity contribution in [1.82, 2.24) is 4.90 Å². The maximum Gasteiger partial charge on any atom is 0.263 e. The fourth-order valence-corrected chi connectivity index (χ4v) is 2.85. The van der Waals surface area contributed by atoms with Gasteiger partial charge in [-0.3, -0.25) is 4.90 Å². The molecular formula is C13H25F2N. The van der Waals surface area contributed by atoms with Gasteiger partial charge in [0.1, 0.15) is 0 Å². The van der Waals surface area contributed by atoms with E-state index in [-0.39, 0.29) is 17.9 Å². The molecule has 1 atom stereocenters. The summed E-state index contributed by atoms with van der Waals surface area (Å²) < 4.78 is 28.4. The third-order valence-corrected chi connectivity index (χ3v) is 3.39. The van der Waals surface area contributed by atoms with Crippen molar-refractivity contribution in [3.63, 3.8) is 0 Å². The van der Waals surface area contributed by atoms with E-state index in [9.17, 15) is 8.78 Å². The summed E-state index contributed by atoms with van der Waals surface area (Å²) in [5.41, 5.74) is -0.377. The Morgan fingerprint density at radius 2 is 1.75 bits per heavy atom. The Morgan fingerprint density at radius 3 is 2.19 bits per heavy atom. The molecule has 0 spiro atoms. The van der Waals surface area contributed by atoms with Crippen LogP contribution in [0.1, 0.15) is 53.9 Å². The topological polar surface area (TPSA) is 3.24 Å². The number of alkyl halides is 2. The normalized spacial score (nSPS) is 28.1. The van der Waals surface area contributed by atoms with Gasteiger partial charge in [-0.25, -0.2) is 8.78 Å². The minimum Gasteiger partial charge on any atom is -0.292 e. The van der Waals surface area contributed by atoms with Crippen molar-refractivity contribution < 1.29 is 8.78 Å². The Hall–Kier alpha value is -0.180. The smallest absolute Gasteiger partial charge is 0.263 e. The first-order valence-electron chi connectivity index (χ1n) is 6.30. The van der Waals surface area contributed by atoms with Crippen LogP contribution in [0.25, 0.3) is 0 Å². The predicted octanol–water partition coefficient (Wildman–Crippen LogP) is 3.93. The minimum absolute atomic E-state index is 0.0398. The molecule has 1 unspecified atom stereocenters. The number of halogens is 2. The molecule has 0 bridgehead atoms. The molecule has 16 heavy (non-hydrogen) atoms. The number of rotatable bonds is 1. The van der Waals surface area contributed by atoms with Crippen LogP contribution < -0.4 is 0 Å². The van der Waals surface area contributed by atoms with E-state index in [2.05, 4.69) is 0 Å². The van der Waals surface area contributed by atoms with E-state index in [1.54, 1.807) is 0 Å². The average Bonchev–Trinajstić information content (AvgIpc) is 2.21. The highest BCUT2D eigenvalue weighted by Crippen LogP contribution is 2.42. The molecule has 0 radical (unpaired) electrons. The van der Waals surface area contributed by atoms with Crippen LogP contribution in [-0.2, 0) is 0 Å². The van der Waals surface area contributed by atoms with E-state index in [0.717, 1.165) is 13.0 Å². The Balaban J connectivity index is 3.05. The van der Waals surface area contributed by atoms with E-state index in [1.807, 2.05) is 39.5 Å². The minimum atomic E-state index is -2.56. The standard InChI is InChI=1S/C13H25F2N/c1-10(2)16-9-7-6-8-13(14,15)11(16)12(3,4)5/h10-11H,6-9H2,1-5H3. The lowest BCUT2D eigenvalue weighted by Crippen LogP contribution is -2.56. The van der Waals surface area contributed by atoms with E-state index >= 15 is 0 Å². The maximum atomic E-state index is 14.2. The first-order chi connectivity index (χ1) is 7.16. The van der Waals surface area contributed by atoms with Crippen LogP contribution in [0.15, 0.2) is 0 Å². The van der Waals surface area contributed by atoms with Crippen LogP contribution in [0.5, 0.6) is 0 Å². The van der Waals surface area contributed by atoms with Gasteiger partial charge in [-0.05, 0) is 38.6 Å². The summed E-state index contributed by atoms with van der Waals surface area (Å²) in [6, 6.07) is -0.448. The van der Waals surface area contributed by atoms with E-state index in [0.29, 0.717) is 6.42 Å². The first-order valence-corrected chi connectivity index (χ1v) is 6.30. The zero-order valence-corrected chi connectivity index (χ0v) is 11.2. The quantitative estimate of drug-likeness (QED) is 0.663. The van der Waals surface area contributed by atoms with Gasteiger partial charge < -0.3 is 0 Å². The molecule has 1 nitrogen and oxygen atoms in total. The van der Waals surface area contributed by atoms with Crippen LogP contribution in [0.3, 0.4) is 0 Å². The number of hydrogen-bond donors (Lipinski definition) is 0. The van der Waals surface area contributed by atoms with Gasteiger partial charge in [0.25, 0.3) is 5.92 Å². The fraction of sp³-hybridized carbons (Fsp3) is 1.00. The third-order valence-electron chi connectivity index (χ3n) is 3.39. The third kappa shape index (κ3) is 2.93. The summed E-state index contributed by atoms with van der Waals surface area (Å²) in [7, 11) is 0. The molecule has 0 aromatic heterocycles. The molecule has 96 valence electrons. The second-order valence-electron chi connectivity index (χ2n) is 6.32. The molecular weight excluding hydrogens is 208 g/mol. The second kappa shape index (κ2) is 4.59. The first kappa shape index (κ1) is 13.9. The van der Waals surface area contributed by atoms with Gasteiger partial charge in [-0.1, -0.05) is 20.8 Å². The Kier molecular flexibility index (Phi) is 3.99. The predicted molar refractivity (Wildman–Crippen MR) is 63.9 cm³/mol. The Morgan fingerprint density at radius 1 is 1.19 bits per heavy atom. The van der Waals surface area contributed by atoms with Gasteiger partial charge in [0.05, 0.1) is 6.04 Å². The average molecular weight is 233 g/mol. The molecule has 0 aromatic carbocycles. The lowest BCUT2D eigenvalue weighted by atomic mass is 9.80. The number of likely N-dealkylation sites (tertiary alicyclic amines) is 1. The van der Waals surface area contributed by atoms with Gasteiger partial charge in [0.15, 0.2) is 0 Å². The summed E-state index contributed by atoms with van der Waals surface area (Å²) >= 11 is 0. The highest BCUT2D eigenvalue weighted by atomic mass is 19.3.